The van der Waals surface area contributed by atoms with Crippen molar-refractivity contribution in [2.75, 3.05) is 18.6 Å². The number of ether oxygens (including phenoxy) is 1. The van der Waals surface area contributed by atoms with Gasteiger partial charge in [0.2, 0.25) is 11.8 Å². The second kappa shape index (κ2) is 11.7. The molecule has 4 aromatic rings. The summed E-state index contributed by atoms with van der Waals surface area (Å²) in [6.07, 6.45) is 0.841. The molecule has 2 amide bonds. The smallest absolute Gasteiger partial charge is 0.249 e. The summed E-state index contributed by atoms with van der Waals surface area (Å²) in [4.78, 5) is 29.3. The van der Waals surface area contributed by atoms with Crippen LogP contribution in [-0.4, -0.2) is 40.5 Å². The minimum Gasteiger partial charge on any atom is -0.497 e. The topological polar surface area (TPSA) is 89.3 Å². The van der Waals surface area contributed by atoms with Gasteiger partial charge < -0.3 is 10.1 Å². The number of fused-ring (bicyclic) bond motifs is 1. The Labute approximate surface area is 217 Å². The lowest BCUT2D eigenvalue weighted by atomic mass is 10.0. The van der Waals surface area contributed by atoms with Crippen molar-refractivity contribution in [3.05, 3.63) is 83.9 Å². The van der Waals surface area contributed by atoms with Crippen molar-refractivity contribution in [3.8, 4) is 5.75 Å². The van der Waals surface area contributed by atoms with E-state index in [0.29, 0.717) is 29.4 Å². The first kappa shape index (κ1) is 25.9. The van der Waals surface area contributed by atoms with E-state index in [1.165, 1.54) is 0 Å². The maximum atomic E-state index is 14.0. The lowest BCUT2D eigenvalue weighted by Gasteiger charge is -2.32. The highest BCUT2D eigenvalue weighted by molar-refractivity contribution is 6.01. The molecule has 0 fully saturated rings. The average Bonchev–Trinajstić information content (AvgIpc) is 3.30. The molecular weight excluding hydrogens is 466 g/mol. The molecule has 0 bridgehead atoms. The number of nitrogens with zero attached hydrogens (tertiary/aromatic N) is 4. The molecule has 37 heavy (non-hydrogen) atoms. The number of aryl methyl sites for hydroxylation is 1. The van der Waals surface area contributed by atoms with E-state index >= 15 is 0 Å². The Morgan fingerprint density at radius 1 is 1.00 bits per heavy atom. The Hall–Kier alpha value is -4.20. The molecule has 1 atom stereocenters. The number of aromatic nitrogens is 3. The molecule has 0 aliphatic rings. The zero-order chi connectivity index (χ0) is 26.4. The van der Waals surface area contributed by atoms with Crippen molar-refractivity contribution in [2.24, 2.45) is 5.92 Å². The molecule has 0 spiro atoms. The van der Waals surface area contributed by atoms with Crippen LogP contribution in [0.5, 0.6) is 5.75 Å². The fourth-order valence-corrected chi connectivity index (χ4v) is 4.17. The number of hydrogen-bond donors (Lipinski definition) is 1. The van der Waals surface area contributed by atoms with Gasteiger partial charge in [0.15, 0.2) is 0 Å². The first-order valence-corrected chi connectivity index (χ1v) is 12.5. The van der Waals surface area contributed by atoms with Gasteiger partial charge in [0, 0.05) is 12.2 Å². The number of carbonyl (C=O) groups excluding carboxylic acids is 2. The van der Waals surface area contributed by atoms with Crippen LogP contribution in [0.15, 0.2) is 72.8 Å². The minimum atomic E-state index is -0.872. The molecule has 8 heteroatoms. The third kappa shape index (κ3) is 6.14. The van der Waals surface area contributed by atoms with Crippen LogP contribution < -0.4 is 15.0 Å². The van der Waals surface area contributed by atoms with Crippen molar-refractivity contribution in [2.45, 2.75) is 39.8 Å². The first-order valence-electron chi connectivity index (χ1n) is 12.5. The monoisotopic (exact) mass is 499 g/mol. The number of benzene rings is 3. The third-order valence-electron chi connectivity index (χ3n) is 6.25. The number of nitrogens with one attached hydrogen (secondary N) is 1. The number of amides is 2. The maximum absolute atomic E-state index is 14.0. The fraction of sp³-hybridized carbons (Fsp3) is 0.310. The van der Waals surface area contributed by atoms with Crippen molar-refractivity contribution in [3.63, 3.8) is 0 Å². The van der Waals surface area contributed by atoms with E-state index in [-0.39, 0.29) is 18.4 Å². The molecule has 3 aromatic carbocycles. The summed E-state index contributed by atoms with van der Waals surface area (Å²) in [6.45, 7) is 6.66. The van der Waals surface area contributed by atoms with E-state index in [1.54, 1.807) is 41.0 Å². The Morgan fingerprint density at radius 3 is 2.38 bits per heavy atom. The fourth-order valence-electron chi connectivity index (χ4n) is 4.17. The van der Waals surface area contributed by atoms with Gasteiger partial charge in [-0.15, -0.1) is 5.10 Å². The Balaban J connectivity index is 1.76. The summed E-state index contributed by atoms with van der Waals surface area (Å²) < 4.78 is 6.89. The van der Waals surface area contributed by atoms with E-state index in [0.717, 1.165) is 23.1 Å². The van der Waals surface area contributed by atoms with Crippen LogP contribution in [0.2, 0.25) is 0 Å². The summed E-state index contributed by atoms with van der Waals surface area (Å²) in [5, 5.41) is 11.4. The maximum Gasteiger partial charge on any atom is 0.249 e. The standard InChI is InChI=1S/C29H33N5O3/c1-20(2)17-18-30-29(36)28(22-11-9-21(3)10-12-22)34(23-13-15-24(37-4)16-14-23)27(35)19-33-26-8-6-5-7-25(26)31-32-33/h5-16,20,28H,17-19H2,1-4H3,(H,30,36). The summed E-state index contributed by atoms with van der Waals surface area (Å²) in [5.74, 6) is 0.576. The van der Waals surface area contributed by atoms with Crippen molar-refractivity contribution in [1.82, 2.24) is 20.3 Å². The molecule has 4 rings (SSSR count). The van der Waals surface area contributed by atoms with Crippen LogP contribution in [0.25, 0.3) is 11.0 Å². The van der Waals surface area contributed by atoms with E-state index < -0.39 is 6.04 Å². The predicted molar refractivity (Wildman–Crippen MR) is 144 cm³/mol. The highest BCUT2D eigenvalue weighted by Gasteiger charge is 2.33. The highest BCUT2D eigenvalue weighted by Crippen LogP contribution is 2.30. The lowest BCUT2D eigenvalue weighted by Crippen LogP contribution is -2.45. The van der Waals surface area contributed by atoms with E-state index in [9.17, 15) is 9.59 Å². The molecule has 0 aliphatic heterocycles. The molecule has 1 heterocycles. The molecule has 8 nitrogen and oxygen atoms in total. The summed E-state index contributed by atoms with van der Waals surface area (Å²) in [6, 6.07) is 21.4. The third-order valence-corrected chi connectivity index (χ3v) is 6.25. The van der Waals surface area contributed by atoms with Crippen LogP contribution in [0.1, 0.15) is 37.4 Å². The van der Waals surface area contributed by atoms with Gasteiger partial charge in [-0.25, -0.2) is 4.68 Å². The normalized spacial score (nSPS) is 11.9. The van der Waals surface area contributed by atoms with Crippen LogP contribution >= 0.6 is 0 Å². The molecule has 0 radical (unpaired) electrons. The minimum absolute atomic E-state index is 0.0752. The number of hydrogen-bond acceptors (Lipinski definition) is 5. The van der Waals surface area contributed by atoms with Gasteiger partial charge in [-0.1, -0.05) is 61.0 Å². The molecule has 0 aliphatic carbocycles. The van der Waals surface area contributed by atoms with Gasteiger partial charge >= 0.3 is 0 Å². The number of anilines is 1. The lowest BCUT2D eigenvalue weighted by molar-refractivity contribution is -0.127. The average molecular weight is 500 g/mol. The van der Waals surface area contributed by atoms with E-state index in [1.807, 2.05) is 55.5 Å². The summed E-state index contributed by atoms with van der Waals surface area (Å²) >= 11 is 0. The van der Waals surface area contributed by atoms with Crippen LogP contribution in [0.4, 0.5) is 5.69 Å². The zero-order valence-electron chi connectivity index (χ0n) is 21.7. The Morgan fingerprint density at radius 2 is 1.70 bits per heavy atom. The SMILES string of the molecule is COc1ccc(N(C(=O)Cn2nnc3ccccc32)C(C(=O)NCCC(C)C)c2ccc(C)cc2)cc1. The number of methoxy groups -OCH3 is 1. The van der Waals surface area contributed by atoms with E-state index in [2.05, 4.69) is 29.5 Å². The van der Waals surface area contributed by atoms with Gasteiger partial charge in [0.05, 0.1) is 12.6 Å². The summed E-state index contributed by atoms with van der Waals surface area (Å²) in [5.41, 5.74) is 3.82. The zero-order valence-corrected chi connectivity index (χ0v) is 21.7. The van der Waals surface area contributed by atoms with Gasteiger partial charge in [0.25, 0.3) is 0 Å². The molecule has 0 saturated heterocycles. The second-order valence-corrected chi connectivity index (χ2v) is 9.48. The number of para-hydroxylation sites is 1. The van der Waals surface area contributed by atoms with Crippen LogP contribution in [0.3, 0.4) is 0 Å². The summed E-state index contributed by atoms with van der Waals surface area (Å²) in [7, 11) is 1.59. The van der Waals surface area contributed by atoms with Crippen molar-refractivity contribution < 1.29 is 14.3 Å². The Kier molecular flexibility index (Phi) is 8.18. The molecule has 192 valence electrons. The van der Waals surface area contributed by atoms with Crippen LogP contribution in [-0.2, 0) is 16.1 Å². The second-order valence-electron chi connectivity index (χ2n) is 9.48. The molecular formula is C29H33N5O3. The number of rotatable bonds is 10. The largest absolute Gasteiger partial charge is 0.497 e. The van der Waals surface area contributed by atoms with Crippen molar-refractivity contribution >= 4 is 28.5 Å². The van der Waals surface area contributed by atoms with Gasteiger partial charge in [-0.05, 0) is 61.2 Å². The number of carbonyl (C=O) groups is 2. The molecule has 1 aromatic heterocycles. The molecule has 1 N–H and O–H groups in total. The van der Waals surface area contributed by atoms with Gasteiger partial charge in [-0.3, -0.25) is 14.5 Å². The first-order chi connectivity index (χ1) is 17.9. The quantitative estimate of drug-likeness (QED) is 0.342. The highest BCUT2D eigenvalue weighted by atomic mass is 16.5. The van der Waals surface area contributed by atoms with E-state index in [4.69, 9.17) is 4.74 Å². The van der Waals surface area contributed by atoms with Crippen LogP contribution in [0, 0.1) is 12.8 Å². The molecule has 1 unspecified atom stereocenters. The molecule has 0 saturated carbocycles. The predicted octanol–water partition coefficient (Wildman–Crippen LogP) is 4.69. The van der Waals surface area contributed by atoms with Crippen molar-refractivity contribution in [1.29, 1.82) is 0 Å². The Bertz CT molecular complexity index is 1350. The van der Waals surface area contributed by atoms with Gasteiger partial charge in [-0.2, -0.15) is 0 Å². The van der Waals surface area contributed by atoms with Gasteiger partial charge in [0.1, 0.15) is 23.9 Å².